The Morgan fingerprint density at radius 3 is 2.54 bits per heavy atom. The number of amides is 1. The highest BCUT2D eigenvalue weighted by Gasteiger charge is 2.60. The lowest BCUT2D eigenvalue weighted by atomic mass is 9.49. The summed E-state index contributed by atoms with van der Waals surface area (Å²) in [5, 5.41) is 1.14. The van der Waals surface area contributed by atoms with Gasteiger partial charge in [-0.3, -0.25) is 9.79 Å². The first-order valence-electron chi connectivity index (χ1n) is 10.5. The second-order valence-electron chi connectivity index (χ2n) is 9.45. The van der Waals surface area contributed by atoms with Gasteiger partial charge < -0.3 is 14.3 Å². The van der Waals surface area contributed by atoms with Crippen molar-refractivity contribution in [2.24, 2.45) is 10.9 Å². The van der Waals surface area contributed by atoms with Crippen molar-refractivity contribution in [2.75, 3.05) is 32.8 Å². The van der Waals surface area contributed by atoms with Crippen LogP contribution in [0.25, 0.3) is 0 Å². The third-order valence-corrected chi connectivity index (χ3v) is 8.42. The fraction of sp³-hybridized carbons (Fsp3) is 0.810. The highest BCUT2D eigenvalue weighted by atomic mass is 32.2. The quantitative estimate of drug-likeness (QED) is 0.399. The minimum absolute atomic E-state index is 0.0700. The number of carbonyl (C=O) groups is 1. The van der Waals surface area contributed by atoms with Gasteiger partial charge in [0.15, 0.2) is 0 Å². The minimum atomic E-state index is -0.127. The van der Waals surface area contributed by atoms with Crippen LogP contribution in [0.3, 0.4) is 0 Å². The Balaban J connectivity index is 1.81. The molecule has 0 aromatic carbocycles. The number of carbonyl (C=O) groups excluding carboxylic acids is 1. The van der Waals surface area contributed by atoms with Crippen LogP contribution in [0.2, 0.25) is 5.31 Å². The molecule has 5 nitrogen and oxygen atoms in total. The number of ether oxygens (including phenoxy) is 1. The Hall–Kier alpha value is -0.785. The maximum atomic E-state index is 12.0. The summed E-state index contributed by atoms with van der Waals surface area (Å²) >= 11 is 1.75. The molecule has 0 aromatic rings. The third-order valence-electron chi connectivity index (χ3n) is 6.92. The largest absolute Gasteiger partial charge is 0.420 e. The first-order chi connectivity index (χ1) is 13.1. The van der Waals surface area contributed by atoms with Crippen molar-refractivity contribution in [1.29, 1.82) is 0 Å². The van der Waals surface area contributed by atoms with Crippen LogP contribution in [-0.4, -0.2) is 60.5 Å². The van der Waals surface area contributed by atoms with E-state index in [4.69, 9.17) is 14.4 Å². The molecular formula is C21H35BN2O3S. The maximum absolute atomic E-state index is 12.0. The van der Waals surface area contributed by atoms with Gasteiger partial charge in [-0.2, -0.15) is 0 Å². The SMILES string of the molecule is CC(=O)N1CCC(C)=C(C(=NCC2CCOCC2)SB2OC(C)(C)C2(C)C)C1. The predicted octanol–water partition coefficient (Wildman–Crippen LogP) is 4.19. The van der Waals surface area contributed by atoms with Gasteiger partial charge in [-0.05, 0) is 46.0 Å². The van der Waals surface area contributed by atoms with E-state index < -0.39 is 0 Å². The fourth-order valence-corrected chi connectivity index (χ4v) is 5.39. The van der Waals surface area contributed by atoms with E-state index in [9.17, 15) is 4.79 Å². The number of aliphatic imine (C=N–C) groups is 1. The van der Waals surface area contributed by atoms with Crippen molar-refractivity contribution in [3.63, 3.8) is 0 Å². The van der Waals surface area contributed by atoms with E-state index >= 15 is 0 Å². The second kappa shape index (κ2) is 8.53. The van der Waals surface area contributed by atoms with E-state index in [1.54, 1.807) is 18.5 Å². The van der Waals surface area contributed by atoms with E-state index in [0.717, 1.165) is 50.6 Å². The lowest BCUT2D eigenvalue weighted by Gasteiger charge is -2.56. The van der Waals surface area contributed by atoms with E-state index in [2.05, 4.69) is 34.6 Å². The Morgan fingerprint density at radius 2 is 1.96 bits per heavy atom. The lowest BCUT2D eigenvalue weighted by molar-refractivity contribution is -0.128. The summed E-state index contributed by atoms with van der Waals surface area (Å²) in [6.45, 7) is 16.7. The molecule has 156 valence electrons. The summed E-state index contributed by atoms with van der Waals surface area (Å²) in [6, 6.07) is 0. The molecule has 2 fully saturated rings. The lowest BCUT2D eigenvalue weighted by Crippen LogP contribution is -2.60. The van der Waals surface area contributed by atoms with Crippen LogP contribution in [0.5, 0.6) is 0 Å². The van der Waals surface area contributed by atoms with Crippen molar-refractivity contribution in [1.82, 2.24) is 4.90 Å². The van der Waals surface area contributed by atoms with E-state index in [0.29, 0.717) is 12.5 Å². The normalized spacial score (nSPS) is 25.7. The highest BCUT2D eigenvalue weighted by Crippen LogP contribution is 2.57. The zero-order valence-corrected chi connectivity index (χ0v) is 19.2. The van der Waals surface area contributed by atoms with Crippen LogP contribution >= 0.6 is 11.6 Å². The Bertz CT molecular complexity index is 669. The van der Waals surface area contributed by atoms with E-state index in [-0.39, 0.29) is 23.0 Å². The third kappa shape index (κ3) is 4.52. The minimum Gasteiger partial charge on any atom is -0.420 e. The van der Waals surface area contributed by atoms with Crippen LogP contribution in [0, 0.1) is 5.92 Å². The molecule has 0 aliphatic carbocycles. The number of hydrogen-bond acceptors (Lipinski definition) is 5. The van der Waals surface area contributed by atoms with Gasteiger partial charge in [-0.25, -0.2) is 0 Å². The molecule has 3 heterocycles. The average Bonchev–Trinajstić information content (AvgIpc) is 2.65. The maximum Gasteiger partial charge on any atom is 0.376 e. The Kier molecular flexibility index (Phi) is 6.67. The Morgan fingerprint density at radius 1 is 1.29 bits per heavy atom. The molecular weight excluding hydrogens is 371 g/mol. The summed E-state index contributed by atoms with van der Waals surface area (Å²) in [6.07, 6.45) is 3.17. The van der Waals surface area contributed by atoms with Gasteiger partial charge in [-0.15, -0.1) is 11.6 Å². The van der Waals surface area contributed by atoms with Gasteiger partial charge in [0.1, 0.15) is 0 Å². The molecule has 0 radical (unpaired) electrons. The summed E-state index contributed by atoms with van der Waals surface area (Å²) in [7, 11) is 0. The van der Waals surface area contributed by atoms with Gasteiger partial charge in [0.2, 0.25) is 5.91 Å². The van der Waals surface area contributed by atoms with Crippen LogP contribution in [-0.2, 0) is 14.2 Å². The predicted molar refractivity (Wildman–Crippen MR) is 118 cm³/mol. The van der Waals surface area contributed by atoms with Crippen LogP contribution in [0.4, 0.5) is 0 Å². The van der Waals surface area contributed by atoms with E-state index in [1.807, 2.05) is 4.90 Å². The summed E-state index contributed by atoms with van der Waals surface area (Å²) < 4.78 is 11.7. The molecule has 1 amide bonds. The first-order valence-corrected chi connectivity index (χ1v) is 11.4. The highest BCUT2D eigenvalue weighted by molar-refractivity contribution is 8.36. The van der Waals surface area contributed by atoms with Gasteiger partial charge in [0, 0.05) is 56.3 Å². The average molecular weight is 406 g/mol. The van der Waals surface area contributed by atoms with Crippen molar-refractivity contribution < 1.29 is 14.2 Å². The van der Waals surface area contributed by atoms with Crippen LogP contribution in [0.1, 0.15) is 60.8 Å². The molecule has 28 heavy (non-hydrogen) atoms. The molecule has 2 saturated heterocycles. The second-order valence-corrected chi connectivity index (χ2v) is 10.5. The molecule has 0 saturated carbocycles. The van der Waals surface area contributed by atoms with Gasteiger partial charge in [0.25, 0.3) is 0 Å². The van der Waals surface area contributed by atoms with Crippen molar-refractivity contribution in [3.05, 3.63) is 11.1 Å². The fourth-order valence-electron chi connectivity index (χ4n) is 3.79. The number of hydrogen-bond donors (Lipinski definition) is 0. The first kappa shape index (κ1) is 21.9. The van der Waals surface area contributed by atoms with Gasteiger partial charge in [-0.1, -0.05) is 19.4 Å². The molecule has 0 atom stereocenters. The van der Waals surface area contributed by atoms with Crippen LogP contribution in [0.15, 0.2) is 16.1 Å². The molecule has 3 rings (SSSR count). The van der Waals surface area contributed by atoms with Gasteiger partial charge in [0.05, 0.1) is 5.04 Å². The molecule has 0 unspecified atom stereocenters. The Labute approximate surface area is 174 Å². The van der Waals surface area contributed by atoms with E-state index in [1.165, 1.54) is 11.1 Å². The standard InChI is InChI=1S/C21H35BN2O3S/c1-15-7-10-24(16(2)25)14-18(15)19(23-13-17-8-11-26-12-9-17)28-22-20(3,4)21(5,6)27-22/h17H,7-14H2,1-6H3. The van der Waals surface area contributed by atoms with Crippen molar-refractivity contribution >= 4 is 28.8 Å². The van der Waals surface area contributed by atoms with Crippen molar-refractivity contribution in [2.45, 2.75) is 71.7 Å². The molecule has 3 aliphatic rings. The molecule has 0 N–H and O–H groups in total. The summed E-state index contributed by atoms with van der Waals surface area (Å²) in [5.74, 6) is 0.727. The number of nitrogens with zero attached hydrogens (tertiary/aromatic N) is 2. The number of rotatable bonds is 4. The monoisotopic (exact) mass is 406 g/mol. The molecule has 0 bridgehead atoms. The van der Waals surface area contributed by atoms with Crippen molar-refractivity contribution in [3.8, 4) is 0 Å². The van der Waals surface area contributed by atoms with Crippen LogP contribution < -0.4 is 0 Å². The smallest absolute Gasteiger partial charge is 0.376 e. The molecule has 3 aliphatic heterocycles. The zero-order valence-electron chi connectivity index (χ0n) is 18.3. The zero-order chi connectivity index (χ0) is 20.5. The molecule has 7 heteroatoms. The molecule has 0 spiro atoms. The molecule has 0 aromatic heterocycles. The summed E-state index contributed by atoms with van der Waals surface area (Å²) in [5.41, 5.74) is 2.45. The van der Waals surface area contributed by atoms with Gasteiger partial charge >= 0.3 is 6.19 Å². The topological polar surface area (TPSA) is 51.1 Å². The summed E-state index contributed by atoms with van der Waals surface area (Å²) in [4.78, 5) is 19.0.